The van der Waals surface area contributed by atoms with Gasteiger partial charge in [0.1, 0.15) is 6.10 Å². The van der Waals surface area contributed by atoms with Gasteiger partial charge in [0.15, 0.2) is 6.04 Å². The fourth-order valence-electron chi connectivity index (χ4n) is 2.19. The topological polar surface area (TPSA) is 55.7 Å². The maximum Gasteiger partial charge on any atom is 0.336 e. The molecule has 0 heterocycles. The third-order valence-electron chi connectivity index (χ3n) is 3.11. The quantitative estimate of drug-likeness (QED) is 0.465. The standard InChI is InChI=1S/C14H15NO3/c16-10-15-13(11-6-2-1-3-7-11)14(17)18-12-8-4-5-9-12/h1-3,6-7,12-13H,4-5,8-9H2/t13-/m0/s1. The predicted molar refractivity (Wildman–Crippen MR) is 65.7 cm³/mol. The molecule has 18 heavy (non-hydrogen) atoms. The van der Waals surface area contributed by atoms with Gasteiger partial charge < -0.3 is 4.74 Å². The van der Waals surface area contributed by atoms with Crippen molar-refractivity contribution in [3.63, 3.8) is 0 Å². The number of esters is 1. The SMILES string of the molecule is O=C=N[C@H](C(=O)OC1CCCC1)c1ccccc1. The van der Waals surface area contributed by atoms with Crippen molar-refractivity contribution in [3.05, 3.63) is 35.9 Å². The summed E-state index contributed by atoms with van der Waals surface area (Å²) in [4.78, 5) is 26.0. The summed E-state index contributed by atoms with van der Waals surface area (Å²) in [5.74, 6) is -0.462. The molecule has 0 saturated heterocycles. The average molecular weight is 245 g/mol. The minimum atomic E-state index is -0.885. The molecule has 1 aliphatic rings. The van der Waals surface area contributed by atoms with Crippen LogP contribution in [0.3, 0.4) is 0 Å². The number of carbonyl (C=O) groups excluding carboxylic acids is 2. The molecule has 1 aliphatic carbocycles. The predicted octanol–water partition coefficient (Wildman–Crippen LogP) is 2.55. The Kier molecular flexibility index (Phi) is 4.26. The van der Waals surface area contributed by atoms with Crippen molar-refractivity contribution in [2.45, 2.75) is 37.8 Å². The molecule has 1 aromatic rings. The highest BCUT2D eigenvalue weighted by atomic mass is 16.5. The Bertz CT molecular complexity index is 445. The van der Waals surface area contributed by atoms with Crippen LogP contribution in [0.5, 0.6) is 0 Å². The molecular weight excluding hydrogens is 230 g/mol. The average Bonchev–Trinajstić information content (AvgIpc) is 2.89. The van der Waals surface area contributed by atoms with Crippen molar-refractivity contribution >= 4 is 12.0 Å². The van der Waals surface area contributed by atoms with E-state index in [1.807, 2.05) is 6.07 Å². The van der Waals surface area contributed by atoms with E-state index in [1.165, 1.54) is 6.08 Å². The number of hydrogen-bond donors (Lipinski definition) is 0. The van der Waals surface area contributed by atoms with Crippen LogP contribution in [-0.4, -0.2) is 18.2 Å². The molecule has 0 radical (unpaired) electrons. The number of isocyanates is 1. The minimum Gasteiger partial charge on any atom is -0.461 e. The smallest absolute Gasteiger partial charge is 0.336 e. The van der Waals surface area contributed by atoms with Gasteiger partial charge in [-0.25, -0.2) is 9.59 Å². The first kappa shape index (κ1) is 12.5. The summed E-state index contributed by atoms with van der Waals surface area (Å²) in [5.41, 5.74) is 0.656. The molecule has 0 spiro atoms. The number of ether oxygens (including phenoxy) is 1. The monoisotopic (exact) mass is 245 g/mol. The summed E-state index contributed by atoms with van der Waals surface area (Å²) < 4.78 is 5.37. The number of hydrogen-bond acceptors (Lipinski definition) is 4. The molecule has 4 heteroatoms. The van der Waals surface area contributed by atoms with Crippen molar-refractivity contribution in [1.29, 1.82) is 0 Å². The fraction of sp³-hybridized carbons (Fsp3) is 0.429. The first-order chi connectivity index (χ1) is 8.81. The fourth-order valence-corrected chi connectivity index (χ4v) is 2.19. The number of benzene rings is 1. The maximum absolute atomic E-state index is 12.0. The van der Waals surface area contributed by atoms with E-state index >= 15 is 0 Å². The van der Waals surface area contributed by atoms with Gasteiger partial charge >= 0.3 is 5.97 Å². The highest BCUT2D eigenvalue weighted by molar-refractivity contribution is 5.79. The second-order valence-electron chi connectivity index (χ2n) is 4.38. The summed E-state index contributed by atoms with van der Waals surface area (Å²) in [6.45, 7) is 0. The van der Waals surface area contributed by atoms with E-state index < -0.39 is 12.0 Å². The molecule has 0 aromatic heterocycles. The Morgan fingerprint density at radius 2 is 1.94 bits per heavy atom. The number of rotatable bonds is 4. The Labute approximate surface area is 106 Å². The summed E-state index contributed by atoms with van der Waals surface area (Å²) in [6.07, 6.45) is 5.40. The van der Waals surface area contributed by atoms with Gasteiger partial charge in [-0.05, 0) is 31.2 Å². The van der Waals surface area contributed by atoms with Crippen LogP contribution in [0.1, 0.15) is 37.3 Å². The molecule has 0 amide bonds. The summed E-state index contributed by atoms with van der Waals surface area (Å²) in [7, 11) is 0. The second kappa shape index (κ2) is 6.12. The summed E-state index contributed by atoms with van der Waals surface area (Å²) in [6, 6.07) is 8.05. The highest BCUT2D eigenvalue weighted by Gasteiger charge is 2.26. The van der Waals surface area contributed by atoms with Crippen LogP contribution < -0.4 is 0 Å². The zero-order chi connectivity index (χ0) is 12.8. The normalized spacial score (nSPS) is 16.9. The third-order valence-corrected chi connectivity index (χ3v) is 3.11. The van der Waals surface area contributed by atoms with Crippen LogP contribution in [0.2, 0.25) is 0 Å². The molecule has 2 rings (SSSR count). The molecule has 94 valence electrons. The minimum absolute atomic E-state index is 0.0226. The van der Waals surface area contributed by atoms with Crippen LogP contribution in [0.4, 0.5) is 0 Å². The zero-order valence-corrected chi connectivity index (χ0v) is 10.0. The molecule has 0 aliphatic heterocycles. The first-order valence-corrected chi connectivity index (χ1v) is 6.13. The van der Waals surface area contributed by atoms with E-state index in [0.717, 1.165) is 25.7 Å². The summed E-state index contributed by atoms with van der Waals surface area (Å²) >= 11 is 0. The van der Waals surface area contributed by atoms with Crippen molar-refractivity contribution in [3.8, 4) is 0 Å². The molecule has 1 atom stereocenters. The van der Waals surface area contributed by atoms with Crippen LogP contribution in [-0.2, 0) is 14.3 Å². The second-order valence-corrected chi connectivity index (χ2v) is 4.38. The maximum atomic E-state index is 12.0. The summed E-state index contributed by atoms with van der Waals surface area (Å²) in [5, 5.41) is 0. The van der Waals surface area contributed by atoms with Crippen molar-refractivity contribution in [2.75, 3.05) is 0 Å². The van der Waals surface area contributed by atoms with E-state index in [-0.39, 0.29) is 6.10 Å². The van der Waals surface area contributed by atoms with Crippen molar-refractivity contribution in [1.82, 2.24) is 0 Å². The molecular formula is C14H15NO3. The van der Waals surface area contributed by atoms with Crippen LogP contribution in [0.25, 0.3) is 0 Å². The van der Waals surface area contributed by atoms with Crippen molar-refractivity contribution in [2.24, 2.45) is 4.99 Å². The van der Waals surface area contributed by atoms with E-state index in [1.54, 1.807) is 24.3 Å². The van der Waals surface area contributed by atoms with Gasteiger partial charge in [0.25, 0.3) is 0 Å². The lowest BCUT2D eigenvalue weighted by Crippen LogP contribution is -2.20. The molecule has 1 saturated carbocycles. The largest absolute Gasteiger partial charge is 0.461 e. The zero-order valence-electron chi connectivity index (χ0n) is 10.0. The molecule has 1 fully saturated rings. The van der Waals surface area contributed by atoms with Gasteiger partial charge in [0, 0.05) is 0 Å². The Balaban J connectivity index is 2.09. The lowest BCUT2D eigenvalue weighted by atomic mass is 10.1. The van der Waals surface area contributed by atoms with E-state index in [2.05, 4.69) is 4.99 Å². The van der Waals surface area contributed by atoms with Gasteiger partial charge in [-0.2, -0.15) is 4.99 Å². The van der Waals surface area contributed by atoms with E-state index in [9.17, 15) is 9.59 Å². The number of carbonyl (C=O) groups is 1. The number of nitrogens with zero attached hydrogens (tertiary/aromatic N) is 1. The van der Waals surface area contributed by atoms with Crippen LogP contribution in [0.15, 0.2) is 35.3 Å². The van der Waals surface area contributed by atoms with Crippen molar-refractivity contribution < 1.29 is 14.3 Å². The molecule has 0 unspecified atom stereocenters. The Morgan fingerprint density at radius 1 is 1.28 bits per heavy atom. The van der Waals surface area contributed by atoms with E-state index in [4.69, 9.17) is 4.74 Å². The first-order valence-electron chi connectivity index (χ1n) is 6.13. The molecule has 4 nitrogen and oxygen atoms in total. The van der Waals surface area contributed by atoms with Gasteiger partial charge in [-0.1, -0.05) is 30.3 Å². The molecule has 0 bridgehead atoms. The van der Waals surface area contributed by atoms with Gasteiger partial charge in [-0.3, -0.25) is 0 Å². The van der Waals surface area contributed by atoms with Crippen LogP contribution >= 0.6 is 0 Å². The highest BCUT2D eigenvalue weighted by Crippen LogP contribution is 2.25. The van der Waals surface area contributed by atoms with Crippen LogP contribution in [0, 0.1) is 0 Å². The van der Waals surface area contributed by atoms with Gasteiger partial charge in [0.05, 0.1) is 0 Å². The lowest BCUT2D eigenvalue weighted by molar-refractivity contribution is -0.150. The number of aliphatic imine (C=N–C) groups is 1. The lowest BCUT2D eigenvalue weighted by Gasteiger charge is -2.15. The Hall–Kier alpha value is -1.93. The van der Waals surface area contributed by atoms with E-state index in [0.29, 0.717) is 5.56 Å². The third kappa shape index (κ3) is 3.05. The van der Waals surface area contributed by atoms with Gasteiger partial charge in [-0.15, -0.1) is 0 Å². The molecule has 1 aromatic carbocycles. The Morgan fingerprint density at radius 3 is 2.56 bits per heavy atom. The molecule has 0 N–H and O–H groups in total. The van der Waals surface area contributed by atoms with Gasteiger partial charge in [0.2, 0.25) is 6.08 Å².